The predicted octanol–water partition coefficient (Wildman–Crippen LogP) is 4.68. The lowest BCUT2D eigenvalue weighted by Crippen LogP contribution is -2.41. The number of nitrogens with zero attached hydrogens (tertiary/aromatic N) is 2. The van der Waals surface area contributed by atoms with Gasteiger partial charge in [0, 0.05) is 11.1 Å². The maximum atomic E-state index is 12.7. The Hall–Kier alpha value is -3.80. The largest absolute Gasteiger partial charge is 0.300 e. The minimum atomic E-state index is -0.710. The summed E-state index contributed by atoms with van der Waals surface area (Å²) in [4.78, 5) is 52.8. The second-order valence-electron chi connectivity index (χ2n) is 6.95. The van der Waals surface area contributed by atoms with E-state index in [2.05, 4.69) is 0 Å². The van der Waals surface area contributed by atoms with Crippen LogP contribution in [0.15, 0.2) is 71.8 Å². The smallest absolute Gasteiger partial charge is 0.286 e. The number of hydrogen-bond acceptors (Lipinski definition) is 4. The maximum Gasteiger partial charge on any atom is 0.300 e. The van der Waals surface area contributed by atoms with E-state index in [4.69, 9.17) is 0 Å². The first kappa shape index (κ1) is 25.5. The molecular weight excluding hydrogens is 416 g/mol. The van der Waals surface area contributed by atoms with Crippen molar-refractivity contribution < 1.29 is 19.2 Å². The summed E-state index contributed by atoms with van der Waals surface area (Å²) in [6, 6.07) is 18.1. The van der Waals surface area contributed by atoms with E-state index in [-0.39, 0.29) is 6.67 Å². The predicted molar refractivity (Wildman–Crippen MR) is 129 cm³/mol. The molecule has 2 aliphatic heterocycles. The lowest BCUT2D eigenvalue weighted by molar-refractivity contribution is -0.143. The molecule has 0 aromatic heterocycles. The summed E-state index contributed by atoms with van der Waals surface area (Å²) in [6.07, 6.45) is 0. The van der Waals surface area contributed by atoms with Gasteiger partial charge in [0.05, 0.1) is 11.4 Å². The van der Waals surface area contributed by atoms with E-state index in [1.807, 2.05) is 64.1 Å². The normalized spacial score (nSPS) is 15.6. The Morgan fingerprint density at radius 3 is 1.15 bits per heavy atom. The van der Waals surface area contributed by atoms with E-state index in [9.17, 15) is 19.2 Å². The molecule has 0 unspecified atom stereocenters. The summed E-state index contributed by atoms with van der Waals surface area (Å²) in [5.41, 5.74) is 2.95. The van der Waals surface area contributed by atoms with Gasteiger partial charge in [0.2, 0.25) is 11.6 Å². The van der Waals surface area contributed by atoms with Crippen LogP contribution in [0.2, 0.25) is 0 Å². The topological polar surface area (TPSA) is 74.8 Å². The highest BCUT2D eigenvalue weighted by Crippen LogP contribution is 2.35. The second-order valence-corrected chi connectivity index (χ2v) is 6.95. The van der Waals surface area contributed by atoms with Gasteiger partial charge in [-0.3, -0.25) is 29.0 Å². The third-order valence-electron chi connectivity index (χ3n) is 5.19. The van der Waals surface area contributed by atoms with Crippen LogP contribution in [0.4, 0.5) is 0 Å². The number of carbonyl (C=O) groups excluding carboxylic acids is 4. The zero-order valence-electron chi connectivity index (χ0n) is 20.0. The number of carbonyl (C=O) groups is 4. The van der Waals surface area contributed by atoms with Gasteiger partial charge in [0.1, 0.15) is 6.67 Å². The van der Waals surface area contributed by atoms with Crippen molar-refractivity contribution in [2.75, 3.05) is 6.67 Å². The number of Topliss-reactive ketones (excluding diaryl/α,β-unsaturated/α-hetero) is 2. The number of amides is 2. The summed E-state index contributed by atoms with van der Waals surface area (Å²) >= 11 is 0. The van der Waals surface area contributed by atoms with Crippen molar-refractivity contribution in [3.8, 4) is 0 Å². The molecule has 2 aliphatic rings. The minimum Gasteiger partial charge on any atom is -0.286 e. The molecule has 172 valence electrons. The van der Waals surface area contributed by atoms with Gasteiger partial charge in [-0.15, -0.1) is 0 Å². The standard InChI is InChI=1S/C23H18N2O4.2C2H6/c1-14-18(16-9-5-3-6-10-16)24(22(28)20(14)26)13-25-19(15(2)21(27)23(25)29)17-11-7-4-8-12-17;2*1-2/h3-12H,13H2,1-2H3;2*1-2H3. The molecule has 0 spiro atoms. The van der Waals surface area contributed by atoms with E-state index < -0.39 is 23.4 Å². The fraction of sp³-hybridized carbons (Fsp3) is 0.259. The van der Waals surface area contributed by atoms with E-state index in [0.717, 1.165) is 0 Å². The van der Waals surface area contributed by atoms with E-state index in [0.29, 0.717) is 33.7 Å². The first-order valence-electron chi connectivity index (χ1n) is 11.2. The number of hydrogen-bond donors (Lipinski definition) is 0. The second kappa shape index (κ2) is 11.2. The van der Waals surface area contributed by atoms with Crippen molar-refractivity contribution in [3.63, 3.8) is 0 Å². The van der Waals surface area contributed by atoms with Gasteiger partial charge in [-0.05, 0) is 25.0 Å². The van der Waals surface area contributed by atoms with Crippen LogP contribution in [0.5, 0.6) is 0 Å². The van der Waals surface area contributed by atoms with Crippen molar-refractivity contribution in [3.05, 3.63) is 82.9 Å². The van der Waals surface area contributed by atoms with Gasteiger partial charge in [-0.1, -0.05) is 88.4 Å². The molecule has 6 nitrogen and oxygen atoms in total. The molecule has 0 bridgehead atoms. The lowest BCUT2D eigenvalue weighted by Gasteiger charge is -2.28. The summed E-state index contributed by atoms with van der Waals surface area (Å²) in [5.74, 6) is -2.63. The fourth-order valence-electron chi connectivity index (χ4n) is 3.74. The quantitative estimate of drug-likeness (QED) is 0.639. The Kier molecular flexibility index (Phi) is 8.63. The summed E-state index contributed by atoms with van der Waals surface area (Å²) in [5, 5.41) is 0. The lowest BCUT2D eigenvalue weighted by atomic mass is 10.1. The molecule has 2 aromatic rings. The molecule has 2 aromatic carbocycles. The maximum absolute atomic E-state index is 12.7. The first-order valence-corrected chi connectivity index (χ1v) is 11.2. The zero-order valence-corrected chi connectivity index (χ0v) is 20.0. The van der Waals surface area contributed by atoms with Crippen LogP contribution in [0.25, 0.3) is 11.4 Å². The molecule has 0 N–H and O–H groups in total. The van der Waals surface area contributed by atoms with Gasteiger partial charge in [0.25, 0.3) is 0 Å². The monoisotopic (exact) mass is 446 g/mol. The van der Waals surface area contributed by atoms with Gasteiger partial charge in [0.15, 0.2) is 0 Å². The van der Waals surface area contributed by atoms with Crippen LogP contribution >= 0.6 is 0 Å². The number of benzene rings is 2. The van der Waals surface area contributed by atoms with Crippen LogP contribution in [0.1, 0.15) is 52.7 Å². The molecule has 0 fully saturated rings. The van der Waals surface area contributed by atoms with Crippen LogP contribution in [0, 0.1) is 0 Å². The average Bonchev–Trinajstić information content (AvgIpc) is 3.22. The Bertz CT molecular complexity index is 1030. The molecule has 2 amide bonds. The average molecular weight is 447 g/mol. The molecule has 0 saturated heterocycles. The third-order valence-corrected chi connectivity index (χ3v) is 5.19. The molecule has 2 heterocycles. The number of ketones is 2. The van der Waals surface area contributed by atoms with Gasteiger partial charge < -0.3 is 0 Å². The molecule has 0 saturated carbocycles. The minimum absolute atomic E-state index is 0.210. The molecule has 33 heavy (non-hydrogen) atoms. The third kappa shape index (κ3) is 4.70. The van der Waals surface area contributed by atoms with Crippen molar-refractivity contribution in [2.45, 2.75) is 41.5 Å². The van der Waals surface area contributed by atoms with Crippen molar-refractivity contribution >= 4 is 34.8 Å². The van der Waals surface area contributed by atoms with E-state index >= 15 is 0 Å². The first-order chi connectivity index (χ1) is 15.9. The highest BCUT2D eigenvalue weighted by atomic mass is 16.2. The molecule has 4 rings (SSSR count). The van der Waals surface area contributed by atoms with Gasteiger partial charge >= 0.3 is 11.8 Å². The van der Waals surface area contributed by atoms with Crippen LogP contribution in [-0.4, -0.2) is 39.8 Å². The molecule has 6 heteroatoms. The summed E-state index contributed by atoms with van der Waals surface area (Å²) in [7, 11) is 0. The van der Waals surface area contributed by atoms with Crippen LogP contribution < -0.4 is 0 Å². The van der Waals surface area contributed by atoms with Crippen molar-refractivity contribution in [2.24, 2.45) is 0 Å². The Morgan fingerprint density at radius 1 is 0.545 bits per heavy atom. The zero-order chi connectivity index (χ0) is 24.7. The van der Waals surface area contributed by atoms with Gasteiger partial charge in [-0.25, -0.2) is 0 Å². The molecule has 0 aliphatic carbocycles. The van der Waals surface area contributed by atoms with E-state index in [1.54, 1.807) is 38.1 Å². The summed E-state index contributed by atoms with van der Waals surface area (Å²) < 4.78 is 0. The van der Waals surface area contributed by atoms with Gasteiger partial charge in [-0.2, -0.15) is 0 Å². The SMILES string of the molecule is CC.CC.CC1=C(c2ccccc2)N(CN2C(=O)C(=O)C(C)=C2c2ccccc2)C(=O)C1=O. The fourth-order valence-corrected chi connectivity index (χ4v) is 3.74. The van der Waals surface area contributed by atoms with Crippen LogP contribution in [0.3, 0.4) is 0 Å². The Morgan fingerprint density at radius 2 is 0.848 bits per heavy atom. The van der Waals surface area contributed by atoms with Crippen molar-refractivity contribution in [1.29, 1.82) is 0 Å². The summed E-state index contributed by atoms with van der Waals surface area (Å²) in [6.45, 7) is 11.0. The Balaban J connectivity index is 0.000000914. The molecule has 0 radical (unpaired) electrons. The highest BCUT2D eigenvalue weighted by molar-refractivity contribution is 6.49. The molecular formula is C27H30N2O4. The molecule has 0 atom stereocenters. The highest BCUT2D eigenvalue weighted by Gasteiger charge is 2.43. The van der Waals surface area contributed by atoms with E-state index in [1.165, 1.54) is 9.80 Å². The number of rotatable bonds is 4. The van der Waals surface area contributed by atoms with Crippen LogP contribution in [-0.2, 0) is 19.2 Å². The Labute approximate surface area is 195 Å². The van der Waals surface area contributed by atoms with Crippen molar-refractivity contribution in [1.82, 2.24) is 9.80 Å².